The van der Waals surface area contributed by atoms with E-state index < -0.39 is 0 Å². The summed E-state index contributed by atoms with van der Waals surface area (Å²) in [5, 5.41) is 26.9. The first-order chi connectivity index (χ1) is 7.72. The molecule has 0 aliphatic carbocycles. The molecule has 0 spiro atoms. The van der Waals surface area contributed by atoms with Crippen LogP contribution in [-0.4, -0.2) is 36.5 Å². The lowest BCUT2D eigenvalue weighted by Gasteiger charge is -2.23. The van der Waals surface area contributed by atoms with Crippen LogP contribution in [-0.2, 0) is 0 Å². The van der Waals surface area contributed by atoms with Gasteiger partial charge in [-0.05, 0) is 18.2 Å². The molecule has 0 saturated carbocycles. The lowest BCUT2D eigenvalue weighted by Crippen LogP contribution is -2.29. The summed E-state index contributed by atoms with van der Waals surface area (Å²) < 4.78 is 0. The molecular weight excluding hydrogens is 228 g/mol. The molecule has 1 rings (SSSR count). The molecule has 1 aromatic rings. The van der Waals surface area contributed by atoms with Gasteiger partial charge >= 0.3 is 0 Å². The van der Waals surface area contributed by atoms with E-state index in [9.17, 15) is 0 Å². The average molecular weight is 241 g/mol. The zero-order valence-corrected chi connectivity index (χ0v) is 9.48. The van der Waals surface area contributed by atoms with Gasteiger partial charge in [-0.15, -0.1) is 0 Å². The molecule has 0 saturated heterocycles. The van der Waals surface area contributed by atoms with Gasteiger partial charge in [0.05, 0.1) is 35.6 Å². The number of benzene rings is 1. The molecule has 86 valence electrons. The Kier molecular flexibility index (Phi) is 5.06. The molecule has 0 bridgehead atoms. The summed E-state index contributed by atoms with van der Waals surface area (Å²) in [5.74, 6) is 0. The van der Waals surface area contributed by atoms with E-state index in [4.69, 9.17) is 27.1 Å². The van der Waals surface area contributed by atoms with Gasteiger partial charge in [0.25, 0.3) is 0 Å². The molecule has 0 aliphatic rings. The van der Waals surface area contributed by atoms with Crippen molar-refractivity contribution in [1.82, 2.24) is 0 Å². The van der Waals surface area contributed by atoms with Crippen LogP contribution in [0.5, 0.6) is 0 Å². The minimum atomic E-state index is -0.0175. The predicted molar refractivity (Wildman–Crippen MR) is 62.6 cm³/mol. The molecule has 1 aromatic carbocycles. The fourth-order valence-corrected chi connectivity index (χ4v) is 1.73. The van der Waals surface area contributed by atoms with Crippen molar-refractivity contribution in [3.8, 4) is 6.07 Å². The second-order valence-electron chi connectivity index (χ2n) is 3.21. The molecule has 0 fully saturated rings. The molecule has 0 heterocycles. The highest BCUT2D eigenvalue weighted by atomic mass is 35.5. The van der Waals surface area contributed by atoms with Gasteiger partial charge in [-0.3, -0.25) is 0 Å². The third-order valence-corrected chi connectivity index (χ3v) is 2.46. The average Bonchev–Trinajstić information content (AvgIpc) is 2.29. The molecule has 0 aromatic heterocycles. The van der Waals surface area contributed by atoms with Crippen molar-refractivity contribution in [3.63, 3.8) is 0 Å². The van der Waals surface area contributed by atoms with Crippen LogP contribution in [0.15, 0.2) is 18.2 Å². The number of halogens is 1. The fraction of sp³-hybridized carbons (Fsp3) is 0.364. The number of aliphatic hydroxyl groups is 2. The van der Waals surface area contributed by atoms with Gasteiger partial charge in [-0.25, -0.2) is 0 Å². The molecule has 0 unspecified atom stereocenters. The summed E-state index contributed by atoms with van der Waals surface area (Å²) in [6, 6.07) is 6.93. The topological polar surface area (TPSA) is 67.5 Å². The summed E-state index contributed by atoms with van der Waals surface area (Å²) in [6.07, 6.45) is 0. The fourth-order valence-electron chi connectivity index (χ4n) is 1.43. The van der Waals surface area contributed by atoms with Gasteiger partial charge in [-0.2, -0.15) is 5.26 Å². The Morgan fingerprint density at radius 3 is 2.31 bits per heavy atom. The third kappa shape index (κ3) is 3.11. The van der Waals surface area contributed by atoms with Crippen molar-refractivity contribution in [2.45, 2.75) is 0 Å². The van der Waals surface area contributed by atoms with E-state index in [1.54, 1.807) is 23.1 Å². The maximum absolute atomic E-state index is 8.90. The van der Waals surface area contributed by atoms with Crippen LogP contribution in [0.2, 0.25) is 5.02 Å². The molecule has 0 amide bonds. The van der Waals surface area contributed by atoms with Crippen molar-refractivity contribution in [1.29, 1.82) is 5.26 Å². The highest BCUT2D eigenvalue weighted by Crippen LogP contribution is 2.26. The number of anilines is 1. The zero-order valence-electron chi connectivity index (χ0n) is 8.73. The first kappa shape index (κ1) is 12.8. The summed E-state index contributed by atoms with van der Waals surface area (Å²) in [5.41, 5.74) is 1.20. The van der Waals surface area contributed by atoms with Crippen LogP contribution in [0, 0.1) is 11.3 Å². The van der Waals surface area contributed by atoms with E-state index in [1.807, 2.05) is 6.07 Å². The van der Waals surface area contributed by atoms with Crippen LogP contribution in [0.3, 0.4) is 0 Å². The monoisotopic (exact) mass is 240 g/mol. The van der Waals surface area contributed by atoms with E-state index in [0.717, 1.165) is 0 Å². The Hall–Kier alpha value is -1.28. The SMILES string of the molecule is N#Cc1ccc(N(CCO)CCO)c(Cl)c1. The highest BCUT2D eigenvalue weighted by molar-refractivity contribution is 6.33. The highest BCUT2D eigenvalue weighted by Gasteiger charge is 2.09. The Balaban J connectivity index is 2.96. The maximum atomic E-state index is 8.90. The second kappa shape index (κ2) is 6.33. The molecule has 5 heteroatoms. The Bertz CT molecular complexity index is 384. The van der Waals surface area contributed by atoms with E-state index in [-0.39, 0.29) is 13.2 Å². The number of hydrogen-bond acceptors (Lipinski definition) is 4. The Morgan fingerprint density at radius 1 is 1.25 bits per heavy atom. The summed E-state index contributed by atoms with van der Waals surface area (Å²) in [6.45, 7) is 0.755. The van der Waals surface area contributed by atoms with Gasteiger partial charge in [0, 0.05) is 13.1 Å². The molecule has 16 heavy (non-hydrogen) atoms. The molecule has 0 atom stereocenters. The lowest BCUT2D eigenvalue weighted by molar-refractivity contribution is 0.281. The standard InChI is InChI=1S/C11H13ClN2O2/c12-10-7-9(8-13)1-2-11(10)14(3-5-15)4-6-16/h1-2,7,15-16H,3-6H2. The number of nitriles is 1. The lowest BCUT2D eigenvalue weighted by atomic mass is 10.2. The quantitative estimate of drug-likeness (QED) is 0.806. The number of hydrogen-bond donors (Lipinski definition) is 2. The summed E-state index contributed by atoms with van der Waals surface area (Å²) in [7, 11) is 0. The van der Waals surface area contributed by atoms with Crippen molar-refractivity contribution >= 4 is 17.3 Å². The van der Waals surface area contributed by atoms with Gasteiger partial charge < -0.3 is 15.1 Å². The largest absolute Gasteiger partial charge is 0.395 e. The van der Waals surface area contributed by atoms with Crippen molar-refractivity contribution < 1.29 is 10.2 Å². The number of nitrogens with zero attached hydrogens (tertiary/aromatic N) is 2. The Morgan fingerprint density at radius 2 is 1.88 bits per heavy atom. The molecule has 4 nitrogen and oxygen atoms in total. The summed E-state index contributed by atoms with van der Waals surface area (Å²) >= 11 is 6.02. The number of aliphatic hydroxyl groups excluding tert-OH is 2. The van der Waals surface area contributed by atoms with Crippen molar-refractivity contribution in [2.75, 3.05) is 31.2 Å². The van der Waals surface area contributed by atoms with E-state index in [1.165, 1.54) is 0 Å². The maximum Gasteiger partial charge on any atom is 0.0992 e. The van der Waals surface area contributed by atoms with Crippen LogP contribution in [0.4, 0.5) is 5.69 Å². The molecule has 0 radical (unpaired) electrons. The van der Waals surface area contributed by atoms with Gasteiger partial charge in [0.2, 0.25) is 0 Å². The van der Waals surface area contributed by atoms with E-state index in [0.29, 0.717) is 29.4 Å². The van der Waals surface area contributed by atoms with Crippen LogP contribution in [0.25, 0.3) is 0 Å². The third-order valence-electron chi connectivity index (χ3n) is 2.16. The zero-order chi connectivity index (χ0) is 12.0. The first-order valence-electron chi connectivity index (χ1n) is 4.89. The van der Waals surface area contributed by atoms with Crippen molar-refractivity contribution in [3.05, 3.63) is 28.8 Å². The normalized spacial score (nSPS) is 9.88. The van der Waals surface area contributed by atoms with Crippen LogP contribution < -0.4 is 4.90 Å². The van der Waals surface area contributed by atoms with Crippen LogP contribution >= 0.6 is 11.6 Å². The minimum Gasteiger partial charge on any atom is -0.395 e. The van der Waals surface area contributed by atoms with Gasteiger partial charge in [0.15, 0.2) is 0 Å². The summed E-state index contributed by atoms with van der Waals surface area (Å²) in [4.78, 5) is 1.77. The van der Waals surface area contributed by atoms with E-state index in [2.05, 4.69) is 0 Å². The Labute approximate surface area is 99.3 Å². The smallest absolute Gasteiger partial charge is 0.0992 e. The van der Waals surface area contributed by atoms with Crippen LogP contribution in [0.1, 0.15) is 5.56 Å². The first-order valence-corrected chi connectivity index (χ1v) is 5.27. The predicted octanol–water partition coefficient (Wildman–Crippen LogP) is 1.00. The van der Waals surface area contributed by atoms with Crippen molar-refractivity contribution in [2.24, 2.45) is 0 Å². The van der Waals surface area contributed by atoms with Gasteiger partial charge in [-0.1, -0.05) is 11.6 Å². The molecule has 2 N–H and O–H groups in total. The second-order valence-corrected chi connectivity index (χ2v) is 3.62. The molecule has 0 aliphatic heterocycles. The van der Waals surface area contributed by atoms with E-state index >= 15 is 0 Å². The van der Waals surface area contributed by atoms with Gasteiger partial charge in [0.1, 0.15) is 0 Å². The molecular formula is C11H13ClN2O2. The number of rotatable bonds is 5. The minimum absolute atomic E-state index is 0.0175.